The zero-order valence-corrected chi connectivity index (χ0v) is 10.9. The summed E-state index contributed by atoms with van der Waals surface area (Å²) in [6.45, 7) is 0.116. The van der Waals surface area contributed by atoms with E-state index in [4.69, 9.17) is 14.6 Å². The summed E-state index contributed by atoms with van der Waals surface area (Å²) < 4.78 is 10.4. The first-order valence-electron chi connectivity index (χ1n) is 6.67. The van der Waals surface area contributed by atoms with Crippen molar-refractivity contribution in [2.24, 2.45) is 5.92 Å². The average Bonchev–Trinajstić information content (AvgIpc) is 3.03. The highest BCUT2D eigenvalue weighted by atomic mass is 16.7. The number of aliphatic hydroxyl groups excluding tert-OH is 2. The number of hydrogen-bond donors (Lipinski definition) is 3. The number of hydrogen-bond acceptors (Lipinski definition) is 5. The fraction of sp³-hybridized carbons (Fsp3) is 0.500. The van der Waals surface area contributed by atoms with Crippen LogP contribution < -0.4 is 14.8 Å². The van der Waals surface area contributed by atoms with Gasteiger partial charge in [-0.25, -0.2) is 0 Å². The largest absolute Gasteiger partial charge is 0.454 e. The molecule has 108 valence electrons. The van der Waals surface area contributed by atoms with E-state index >= 15 is 0 Å². The zero-order valence-electron chi connectivity index (χ0n) is 10.9. The van der Waals surface area contributed by atoms with Crippen molar-refractivity contribution in [3.63, 3.8) is 0 Å². The van der Waals surface area contributed by atoms with Gasteiger partial charge < -0.3 is 25.0 Å². The molecule has 1 aliphatic carbocycles. The van der Waals surface area contributed by atoms with Crippen molar-refractivity contribution in [3.05, 3.63) is 23.8 Å². The third-order valence-corrected chi connectivity index (χ3v) is 3.86. The summed E-state index contributed by atoms with van der Waals surface area (Å²) in [5, 5.41) is 21.7. The van der Waals surface area contributed by atoms with Gasteiger partial charge in [0.25, 0.3) is 5.91 Å². The number of rotatable bonds is 3. The fourth-order valence-electron chi connectivity index (χ4n) is 2.72. The van der Waals surface area contributed by atoms with Gasteiger partial charge in [-0.3, -0.25) is 4.79 Å². The molecule has 0 bridgehead atoms. The van der Waals surface area contributed by atoms with E-state index in [9.17, 15) is 9.90 Å². The number of carbonyl (C=O) groups excluding carboxylic acids is 1. The van der Waals surface area contributed by atoms with Crippen LogP contribution in [0.2, 0.25) is 0 Å². The molecule has 0 saturated heterocycles. The lowest BCUT2D eigenvalue weighted by Gasteiger charge is -2.12. The van der Waals surface area contributed by atoms with E-state index < -0.39 is 6.10 Å². The molecule has 1 aromatic rings. The topological polar surface area (TPSA) is 88.0 Å². The molecular formula is C14H17NO5. The number of amides is 1. The van der Waals surface area contributed by atoms with Crippen LogP contribution in [0.5, 0.6) is 11.5 Å². The Labute approximate surface area is 116 Å². The highest BCUT2D eigenvalue weighted by Gasteiger charge is 2.33. The van der Waals surface area contributed by atoms with Crippen LogP contribution in [0.4, 0.5) is 0 Å². The van der Waals surface area contributed by atoms with Crippen molar-refractivity contribution in [2.75, 3.05) is 13.4 Å². The molecule has 1 saturated carbocycles. The van der Waals surface area contributed by atoms with E-state index in [-0.39, 0.29) is 31.3 Å². The van der Waals surface area contributed by atoms with E-state index in [1.807, 2.05) is 0 Å². The number of nitrogens with one attached hydrogen (secondary N) is 1. The number of carbonyl (C=O) groups is 1. The third kappa shape index (κ3) is 2.44. The molecule has 0 aromatic heterocycles. The molecule has 1 aliphatic heterocycles. The Bertz CT molecular complexity index is 518. The van der Waals surface area contributed by atoms with Gasteiger partial charge in [0, 0.05) is 24.1 Å². The Morgan fingerprint density at radius 1 is 1.30 bits per heavy atom. The molecule has 1 heterocycles. The van der Waals surface area contributed by atoms with E-state index in [0.717, 1.165) is 0 Å². The fourth-order valence-corrected chi connectivity index (χ4v) is 2.72. The molecule has 0 spiro atoms. The molecule has 0 unspecified atom stereocenters. The molecule has 3 atom stereocenters. The normalized spacial score (nSPS) is 27.6. The number of fused-ring (bicyclic) bond motifs is 1. The molecule has 1 fully saturated rings. The predicted molar refractivity (Wildman–Crippen MR) is 69.6 cm³/mol. The summed E-state index contributed by atoms with van der Waals surface area (Å²) in [5.74, 6) is 0.840. The number of aliphatic hydroxyl groups is 2. The summed E-state index contributed by atoms with van der Waals surface area (Å²) in [6, 6.07) is 4.92. The van der Waals surface area contributed by atoms with Gasteiger partial charge in [0.2, 0.25) is 6.79 Å². The first-order valence-corrected chi connectivity index (χ1v) is 6.67. The van der Waals surface area contributed by atoms with Crippen molar-refractivity contribution in [2.45, 2.75) is 25.0 Å². The highest BCUT2D eigenvalue weighted by molar-refractivity contribution is 5.95. The molecule has 6 heteroatoms. The lowest BCUT2D eigenvalue weighted by Crippen LogP contribution is -2.33. The second kappa shape index (κ2) is 5.30. The number of ether oxygens (including phenoxy) is 2. The molecule has 3 rings (SSSR count). The first-order chi connectivity index (χ1) is 9.67. The molecule has 20 heavy (non-hydrogen) atoms. The predicted octanol–water partition coefficient (Wildman–Crippen LogP) is 0.277. The smallest absolute Gasteiger partial charge is 0.251 e. The van der Waals surface area contributed by atoms with E-state index in [1.54, 1.807) is 18.2 Å². The van der Waals surface area contributed by atoms with E-state index in [1.165, 1.54) is 0 Å². The third-order valence-electron chi connectivity index (χ3n) is 3.86. The molecule has 2 aliphatic rings. The van der Waals surface area contributed by atoms with Crippen LogP contribution in [0.1, 0.15) is 23.2 Å². The van der Waals surface area contributed by atoms with Crippen LogP contribution in [-0.2, 0) is 0 Å². The second-order valence-electron chi connectivity index (χ2n) is 5.22. The first kappa shape index (κ1) is 13.2. The standard InChI is InChI=1S/C14H17NO5/c16-6-9-3-10(5-11(9)17)15-14(18)8-1-2-12-13(4-8)20-7-19-12/h1-2,4,9-11,16-17H,3,5-7H2,(H,15,18)/t9-,10-,11-/m0/s1. The maximum atomic E-state index is 12.2. The Morgan fingerprint density at radius 2 is 2.10 bits per heavy atom. The monoisotopic (exact) mass is 279 g/mol. The molecule has 1 amide bonds. The Hall–Kier alpha value is -1.79. The highest BCUT2D eigenvalue weighted by Crippen LogP contribution is 2.32. The summed E-state index contributed by atoms with van der Waals surface area (Å²) >= 11 is 0. The Kier molecular flexibility index (Phi) is 3.50. The lowest BCUT2D eigenvalue weighted by molar-refractivity contribution is 0.0903. The summed E-state index contributed by atoms with van der Waals surface area (Å²) in [6.07, 6.45) is 0.511. The van der Waals surface area contributed by atoms with Crippen LogP contribution >= 0.6 is 0 Å². The second-order valence-corrected chi connectivity index (χ2v) is 5.22. The van der Waals surface area contributed by atoms with Crippen molar-refractivity contribution in [1.82, 2.24) is 5.32 Å². The van der Waals surface area contributed by atoms with Gasteiger partial charge in [-0.1, -0.05) is 0 Å². The minimum Gasteiger partial charge on any atom is -0.454 e. The van der Waals surface area contributed by atoms with E-state index in [2.05, 4.69) is 5.32 Å². The van der Waals surface area contributed by atoms with Gasteiger partial charge in [0.15, 0.2) is 11.5 Å². The Morgan fingerprint density at radius 3 is 2.85 bits per heavy atom. The van der Waals surface area contributed by atoms with Gasteiger partial charge in [-0.15, -0.1) is 0 Å². The molecule has 1 aromatic carbocycles. The van der Waals surface area contributed by atoms with Gasteiger partial charge in [-0.05, 0) is 31.0 Å². The maximum absolute atomic E-state index is 12.2. The summed E-state index contributed by atoms with van der Waals surface area (Å²) in [7, 11) is 0. The minimum atomic E-state index is -0.554. The number of benzene rings is 1. The maximum Gasteiger partial charge on any atom is 0.251 e. The van der Waals surface area contributed by atoms with Crippen LogP contribution in [0.25, 0.3) is 0 Å². The lowest BCUT2D eigenvalue weighted by atomic mass is 10.1. The minimum absolute atomic E-state index is 0.0580. The van der Waals surface area contributed by atoms with Gasteiger partial charge in [-0.2, -0.15) is 0 Å². The van der Waals surface area contributed by atoms with E-state index in [0.29, 0.717) is 29.9 Å². The van der Waals surface area contributed by atoms with Crippen molar-refractivity contribution in [1.29, 1.82) is 0 Å². The summed E-state index contributed by atoms with van der Waals surface area (Å²) in [5.41, 5.74) is 0.496. The van der Waals surface area contributed by atoms with Crippen LogP contribution in [0, 0.1) is 5.92 Å². The Balaban J connectivity index is 1.65. The molecule has 6 nitrogen and oxygen atoms in total. The van der Waals surface area contributed by atoms with Crippen molar-refractivity contribution in [3.8, 4) is 11.5 Å². The summed E-state index contributed by atoms with van der Waals surface area (Å²) in [4.78, 5) is 12.2. The van der Waals surface area contributed by atoms with Gasteiger partial charge in [0.05, 0.1) is 6.10 Å². The van der Waals surface area contributed by atoms with Crippen LogP contribution in [0.3, 0.4) is 0 Å². The van der Waals surface area contributed by atoms with Gasteiger partial charge in [0.1, 0.15) is 0 Å². The average molecular weight is 279 g/mol. The zero-order chi connectivity index (χ0) is 14.1. The van der Waals surface area contributed by atoms with Crippen molar-refractivity contribution >= 4 is 5.91 Å². The quantitative estimate of drug-likeness (QED) is 0.739. The molecular weight excluding hydrogens is 262 g/mol. The van der Waals surface area contributed by atoms with Crippen LogP contribution in [0.15, 0.2) is 18.2 Å². The SMILES string of the molecule is O=C(N[C@H]1C[C@@H](CO)[C@@H](O)C1)c1ccc2c(c1)OCO2. The van der Waals surface area contributed by atoms with Gasteiger partial charge >= 0.3 is 0 Å². The van der Waals surface area contributed by atoms with Crippen molar-refractivity contribution < 1.29 is 24.5 Å². The molecule has 3 N–H and O–H groups in total. The van der Waals surface area contributed by atoms with Crippen LogP contribution in [-0.4, -0.2) is 41.7 Å². The molecule has 0 radical (unpaired) electrons.